The van der Waals surface area contributed by atoms with E-state index in [0.717, 1.165) is 16.8 Å². The molecule has 0 fully saturated rings. The molecule has 7 heteroatoms. The second-order valence-corrected chi connectivity index (χ2v) is 4.25. The average molecular weight is 278 g/mol. The smallest absolute Gasteiger partial charge is 0.396 e. The van der Waals surface area contributed by atoms with Crippen molar-refractivity contribution in [2.75, 3.05) is 5.73 Å². The SMILES string of the molecule is Nc1cc(C(F)(F)F)cn2nc(-c3ccccc3)nc12. The highest BCUT2D eigenvalue weighted by atomic mass is 19.4. The monoisotopic (exact) mass is 278 g/mol. The molecule has 0 saturated heterocycles. The van der Waals surface area contributed by atoms with Gasteiger partial charge in [0.05, 0.1) is 11.3 Å². The van der Waals surface area contributed by atoms with Gasteiger partial charge in [0.2, 0.25) is 0 Å². The van der Waals surface area contributed by atoms with Gasteiger partial charge in [-0.3, -0.25) is 0 Å². The van der Waals surface area contributed by atoms with E-state index in [9.17, 15) is 13.2 Å². The average Bonchev–Trinajstić information content (AvgIpc) is 2.83. The summed E-state index contributed by atoms with van der Waals surface area (Å²) in [6, 6.07) is 9.83. The molecule has 0 spiro atoms. The lowest BCUT2D eigenvalue weighted by Crippen LogP contribution is -2.08. The Bertz CT molecular complexity index is 762. The Morgan fingerprint density at radius 2 is 1.80 bits per heavy atom. The summed E-state index contributed by atoms with van der Waals surface area (Å²) in [7, 11) is 0. The number of benzene rings is 1. The molecule has 2 heterocycles. The predicted molar refractivity (Wildman–Crippen MR) is 67.8 cm³/mol. The van der Waals surface area contributed by atoms with E-state index in [-0.39, 0.29) is 11.3 Å². The van der Waals surface area contributed by atoms with Gasteiger partial charge in [0.1, 0.15) is 0 Å². The lowest BCUT2D eigenvalue weighted by molar-refractivity contribution is -0.137. The molecule has 102 valence electrons. The van der Waals surface area contributed by atoms with Crippen molar-refractivity contribution in [2.45, 2.75) is 6.18 Å². The molecule has 2 aromatic heterocycles. The first-order valence-corrected chi connectivity index (χ1v) is 5.73. The first kappa shape index (κ1) is 12.5. The highest BCUT2D eigenvalue weighted by Crippen LogP contribution is 2.31. The third-order valence-electron chi connectivity index (χ3n) is 2.82. The number of rotatable bonds is 1. The largest absolute Gasteiger partial charge is 0.417 e. The van der Waals surface area contributed by atoms with E-state index in [1.165, 1.54) is 0 Å². The van der Waals surface area contributed by atoms with Gasteiger partial charge in [0.15, 0.2) is 11.5 Å². The summed E-state index contributed by atoms with van der Waals surface area (Å²) in [6.07, 6.45) is -3.59. The molecule has 4 nitrogen and oxygen atoms in total. The Balaban J connectivity index is 2.19. The zero-order valence-corrected chi connectivity index (χ0v) is 10.1. The Morgan fingerprint density at radius 3 is 2.45 bits per heavy atom. The molecule has 0 radical (unpaired) electrons. The third-order valence-corrected chi connectivity index (χ3v) is 2.82. The zero-order valence-electron chi connectivity index (χ0n) is 10.1. The molecule has 0 aliphatic heterocycles. The summed E-state index contributed by atoms with van der Waals surface area (Å²) in [6.45, 7) is 0. The zero-order chi connectivity index (χ0) is 14.3. The Labute approximate surface area is 111 Å². The molecule has 0 unspecified atom stereocenters. The summed E-state index contributed by atoms with van der Waals surface area (Å²) in [5, 5.41) is 4.04. The maximum absolute atomic E-state index is 12.7. The maximum Gasteiger partial charge on any atom is 0.417 e. The lowest BCUT2D eigenvalue weighted by atomic mass is 10.2. The van der Waals surface area contributed by atoms with Crippen LogP contribution >= 0.6 is 0 Å². The van der Waals surface area contributed by atoms with Gasteiger partial charge in [-0.15, -0.1) is 5.10 Å². The number of alkyl halides is 3. The van der Waals surface area contributed by atoms with Gasteiger partial charge in [-0.1, -0.05) is 30.3 Å². The summed E-state index contributed by atoms with van der Waals surface area (Å²) in [4.78, 5) is 4.17. The number of nitrogen functional groups attached to an aromatic ring is 1. The van der Waals surface area contributed by atoms with Gasteiger partial charge in [-0.25, -0.2) is 9.50 Å². The van der Waals surface area contributed by atoms with Crippen LogP contribution in [0.5, 0.6) is 0 Å². The van der Waals surface area contributed by atoms with Gasteiger partial charge in [-0.05, 0) is 6.07 Å². The normalized spacial score (nSPS) is 11.9. The molecular weight excluding hydrogens is 269 g/mol. The van der Waals surface area contributed by atoms with Crippen LogP contribution in [0.3, 0.4) is 0 Å². The molecule has 3 aromatic rings. The highest BCUT2D eigenvalue weighted by molar-refractivity contribution is 5.68. The molecule has 0 saturated carbocycles. The minimum atomic E-state index is -4.47. The summed E-state index contributed by atoms with van der Waals surface area (Å²) < 4.78 is 39.2. The van der Waals surface area contributed by atoms with Crippen LogP contribution in [0, 0.1) is 0 Å². The molecule has 1 aromatic carbocycles. The maximum atomic E-state index is 12.7. The number of aromatic nitrogens is 3. The van der Waals surface area contributed by atoms with Crippen molar-refractivity contribution in [1.29, 1.82) is 0 Å². The molecule has 2 N–H and O–H groups in total. The van der Waals surface area contributed by atoms with Crippen molar-refractivity contribution in [3.05, 3.63) is 48.2 Å². The van der Waals surface area contributed by atoms with Gasteiger partial charge >= 0.3 is 6.18 Å². The molecule has 20 heavy (non-hydrogen) atoms. The Kier molecular flexibility index (Phi) is 2.63. The van der Waals surface area contributed by atoms with Crippen LogP contribution in [0.15, 0.2) is 42.6 Å². The van der Waals surface area contributed by atoms with Crippen LogP contribution in [-0.4, -0.2) is 14.6 Å². The third kappa shape index (κ3) is 2.07. The van der Waals surface area contributed by atoms with Crippen molar-refractivity contribution >= 4 is 11.3 Å². The lowest BCUT2D eigenvalue weighted by Gasteiger charge is -2.07. The van der Waals surface area contributed by atoms with Crippen molar-refractivity contribution in [1.82, 2.24) is 14.6 Å². The molecular formula is C13H9F3N4. The number of nitrogens with two attached hydrogens (primary N) is 1. The first-order chi connectivity index (χ1) is 9.45. The van der Waals surface area contributed by atoms with E-state index < -0.39 is 11.7 Å². The van der Waals surface area contributed by atoms with Gasteiger partial charge in [0.25, 0.3) is 0 Å². The van der Waals surface area contributed by atoms with Gasteiger partial charge in [0, 0.05) is 11.8 Å². The Hall–Kier alpha value is -2.57. The fourth-order valence-electron chi connectivity index (χ4n) is 1.88. The summed E-state index contributed by atoms with van der Waals surface area (Å²) in [5.41, 5.74) is 5.62. The second kappa shape index (κ2) is 4.22. The van der Waals surface area contributed by atoms with Crippen molar-refractivity contribution < 1.29 is 13.2 Å². The van der Waals surface area contributed by atoms with E-state index in [1.807, 2.05) is 6.07 Å². The van der Waals surface area contributed by atoms with Crippen LogP contribution < -0.4 is 5.73 Å². The molecule has 0 aliphatic carbocycles. The number of pyridine rings is 1. The van der Waals surface area contributed by atoms with Crippen molar-refractivity contribution in [2.24, 2.45) is 0 Å². The van der Waals surface area contributed by atoms with E-state index in [0.29, 0.717) is 11.4 Å². The molecule has 0 atom stereocenters. The fourth-order valence-corrected chi connectivity index (χ4v) is 1.88. The summed E-state index contributed by atoms with van der Waals surface area (Å²) >= 11 is 0. The van der Waals surface area contributed by atoms with E-state index in [2.05, 4.69) is 10.1 Å². The van der Waals surface area contributed by atoms with Gasteiger partial charge in [-0.2, -0.15) is 13.2 Å². The second-order valence-electron chi connectivity index (χ2n) is 4.25. The molecule has 0 bridgehead atoms. The van der Waals surface area contributed by atoms with Crippen LogP contribution in [0.4, 0.5) is 18.9 Å². The Morgan fingerprint density at radius 1 is 1.10 bits per heavy atom. The topological polar surface area (TPSA) is 56.2 Å². The molecule has 0 aliphatic rings. The van der Waals surface area contributed by atoms with E-state index >= 15 is 0 Å². The molecule has 0 amide bonds. The minimum absolute atomic E-state index is 0.0606. The quantitative estimate of drug-likeness (QED) is 0.744. The molecule has 3 rings (SSSR count). The predicted octanol–water partition coefficient (Wildman–Crippen LogP) is 3.00. The van der Waals surface area contributed by atoms with Crippen molar-refractivity contribution in [3.63, 3.8) is 0 Å². The fraction of sp³-hybridized carbons (Fsp3) is 0.0769. The number of nitrogens with zero attached hydrogens (tertiary/aromatic N) is 3. The number of fused-ring (bicyclic) bond motifs is 1. The number of anilines is 1. The highest BCUT2D eigenvalue weighted by Gasteiger charge is 2.32. The van der Waals surface area contributed by atoms with Gasteiger partial charge < -0.3 is 5.73 Å². The standard InChI is InChI=1S/C13H9F3N4/c14-13(15,16)9-6-10(17)12-18-11(19-20(12)7-9)8-4-2-1-3-5-8/h1-7H,17H2. The van der Waals surface area contributed by atoms with Crippen LogP contribution in [0.1, 0.15) is 5.56 Å². The first-order valence-electron chi connectivity index (χ1n) is 5.73. The minimum Gasteiger partial charge on any atom is -0.396 e. The van der Waals surface area contributed by atoms with Crippen LogP contribution in [0.2, 0.25) is 0 Å². The van der Waals surface area contributed by atoms with Crippen LogP contribution in [-0.2, 0) is 6.18 Å². The number of hydrogen-bond donors (Lipinski definition) is 1. The van der Waals surface area contributed by atoms with E-state index in [4.69, 9.17) is 5.73 Å². The number of halogens is 3. The summed E-state index contributed by atoms with van der Waals surface area (Å²) in [5.74, 6) is 0.330. The van der Waals surface area contributed by atoms with Crippen molar-refractivity contribution in [3.8, 4) is 11.4 Å². The van der Waals surface area contributed by atoms with Crippen LogP contribution in [0.25, 0.3) is 17.0 Å². The van der Waals surface area contributed by atoms with E-state index in [1.54, 1.807) is 24.3 Å². The number of hydrogen-bond acceptors (Lipinski definition) is 3.